The second-order valence-corrected chi connectivity index (χ2v) is 9.00. The molecule has 0 aliphatic rings. The molecule has 0 radical (unpaired) electrons. The number of nitrogens with one attached hydrogen (secondary N) is 1. The van der Waals surface area contributed by atoms with Gasteiger partial charge in [0.2, 0.25) is 0 Å². The fraction of sp³-hybridized carbons (Fsp3) is 0.174. The van der Waals surface area contributed by atoms with Crippen LogP contribution in [0.15, 0.2) is 65.8 Å². The van der Waals surface area contributed by atoms with Gasteiger partial charge in [-0.15, -0.1) is 0 Å². The maximum atomic E-state index is 13.0. The molecule has 0 saturated carbocycles. The molecule has 0 spiro atoms. The summed E-state index contributed by atoms with van der Waals surface area (Å²) in [5, 5.41) is 0. The third-order valence-electron chi connectivity index (χ3n) is 5.21. The molecular weight excluding hydrogens is 398 g/mol. The zero-order valence-corrected chi connectivity index (χ0v) is 18.1. The lowest BCUT2D eigenvalue weighted by Crippen LogP contribution is -2.14. The highest BCUT2D eigenvalue weighted by atomic mass is 32.2. The molecule has 0 atom stereocenters. The van der Waals surface area contributed by atoms with E-state index in [-0.39, 0.29) is 4.90 Å². The third kappa shape index (κ3) is 3.64. The molecule has 154 valence electrons. The van der Waals surface area contributed by atoms with Gasteiger partial charge in [-0.05, 0) is 73.9 Å². The largest absolute Gasteiger partial charge is 0.495 e. The number of ether oxygens (including phenoxy) is 1. The molecule has 6 nitrogen and oxygen atoms in total. The first-order valence-electron chi connectivity index (χ1n) is 9.51. The molecule has 4 aromatic rings. The van der Waals surface area contributed by atoms with Crippen LogP contribution < -0.4 is 9.46 Å². The van der Waals surface area contributed by atoms with Crippen molar-refractivity contribution in [2.24, 2.45) is 0 Å². The van der Waals surface area contributed by atoms with Crippen LogP contribution in [0.3, 0.4) is 0 Å². The molecule has 0 fully saturated rings. The fourth-order valence-electron chi connectivity index (χ4n) is 3.32. The second kappa shape index (κ2) is 7.50. The highest BCUT2D eigenvalue weighted by Crippen LogP contribution is 2.32. The Kier molecular flexibility index (Phi) is 4.99. The molecule has 0 aliphatic carbocycles. The van der Waals surface area contributed by atoms with Crippen molar-refractivity contribution in [1.29, 1.82) is 0 Å². The summed E-state index contributed by atoms with van der Waals surface area (Å²) < 4.78 is 36.0. The molecule has 2 aromatic carbocycles. The number of aryl methyl sites for hydroxylation is 3. The molecule has 2 aromatic heterocycles. The number of imidazole rings is 1. The van der Waals surface area contributed by atoms with Gasteiger partial charge in [0.1, 0.15) is 11.4 Å². The van der Waals surface area contributed by atoms with Crippen LogP contribution in [0.5, 0.6) is 5.75 Å². The van der Waals surface area contributed by atoms with Gasteiger partial charge < -0.3 is 9.14 Å². The summed E-state index contributed by atoms with van der Waals surface area (Å²) in [7, 11) is -2.26. The van der Waals surface area contributed by atoms with E-state index < -0.39 is 10.0 Å². The van der Waals surface area contributed by atoms with Crippen LogP contribution in [-0.2, 0) is 10.0 Å². The number of benzene rings is 2. The molecule has 2 heterocycles. The Labute approximate surface area is 176 Å². The minimum Gasteiger partial charge on any atom is -0.495 e. The summed E-state index contributed by atoms with van der Waals surface area (Å²) in [4.78, 5) is 4.91. The van der Waals surface area contributed by atoms with Gasteiger partial charge in [-0.3, -0.25) is 4.72 Å². The smallest absolute Gasteiger partial charge is 0.262 e. The van der Waals surface area contributed by atoms with E-state index in [1.807, 2.05) is 55.8 Å². The first-order chi connectivity index (χ1) is 14.3. The van der Waals surface area contributed by atoms with Crippen molar-refractivity contribution in [1.82, 2.24) is 9.38 Å². The lowest BCUT2D eigenvalue weighted by Gasteiger charge is -2.14. The summed E-state index contributed by atoms with van der Waals surface area (Å²) in [6.45, 7) is 5.84. The van der Waals surface area contributed by atoms with Crippen molar-refractivity contribution in [3.8, 4) is 17.0 Å². The topological polar surface area (TPSA) is 72.7 Å². The van der Waals surface area contributed by atoms with Gasteiger partial charge >= 0.3 is 0 Å². The number of methoxy groups -OCH3 is 1. The van der Waals surface area contributed by atoms with Gasteiger partial charge in [-0.2, -0.15) is 0 Å². The van der Waals surface area contributed by atoms with E-state index in [0.29, 0.717) is 11.4 Å². The molecule has 4 rings (SSSR count). The van der Waals surface area contributed by atoms with Gasteiger partial charge in [0.05, 0.1) is 23.4 Å². The minimum atomic E-state index is -3.77. The van der Waals surface area contributed by atoms with E-state index in [0.717, 1.165) is 33.6 Å². The van der Waals surface area contributed by atoms with Crippen molar-refractivity contribution < 1.29 is 13.2 Å². The Morgan fingerprint density at radius 1 is 0.967 bits per heavy atom. The molecule has 1 N–H and O–H groups in total. The molecule has 7 heteroatoms. The monoisotopic (exact) mass is 421 g/mol. The van der Waals surface area contributed by atoms with Gasteiger partial charge in [-0.25, -0.2) is 13.4 Å². The first kappa shape index (κ1) is 20.0. The fourth-order valence-corrected chi connectivity index (χ4v) is 4.47. The number of pyridine rings is 1. The van der Waals surface area contributed by atoms with Crippen LogP contribution in [0, 0.1) is 20.8 Å². The number of nitrogens with zero attached hydrogens (tertiary/aromatic N) is 2. The Morgan fingerprint density at radius 3 is 2.47 bits per heavy atom. The predicted molar refractivity (Wildman–Crippen MR) is 119 cm³/mol. The van der Waals surface area contributed by atoms with Gasteiger partial charge in [0.15, 0.2) is 0 Å². The number of hydrogen-bond acceptors (Lipinski definition) is 4. The zero-order valence-electron chi connectivity index (χ0n) is 17.3. The summed E-state index contributed by atoms with van der Waals surface area (Å²) in [6.07, 6.45) is 3.86. The quantitative estimate of drug-likeness (QED) is 0.505. The maximum Gasteiger partial charge on any atom is 0.262 e. The standard InChI is InChI=1S/C23H23N3O3S/c1-15-7-9-19(12-17(15)3)30(27,28)25-20-13-18(8-10-22(20)29-4)21-14-26-11-5-6-16(2)23(26)24-21/h5-14,25H,1-4H3. The van der Waals surface area contributed by atoms with Crippen molar-refractivity contribution in [3.63, 3.8) is 0 Å². The first-order valence-corrected chi connectivity index (χ1v) is 11.0. The average molecular weight is 422 g/mol. The van der Waals surface area contributed by atoms with Crippen LogP contribution >= 0.6 is 0 Å². The summed E-state index contributed by atoms with van der Waals surface area (Å²) >= 11 is 0. The van der Waals surface area contributed by atoms with Crippen LogP contribution in [0.2, 0.25) is 0 Å². The molecule has 30 heavy (non-hydrogen) atoms. The van der Waals surface area contributed by atoms with Crippen LogP contribution in [-0.4, -0.2) is 24.9 Å². The van der Waals surface area contributed by atoms with Crippen LogP contribution in [0.4, 0.5) is 5.69 Å². The van der Waals surface area contributed by atoms with E-state index in [1.54, 1.807) is 30.3 Å². The van der Waals surface area contributed by atoms with Gasteiger partial charge in [0.25, 0.3) is 10.0 Å². The molecule has 0 unspecified atom stereocenters. The summed E-state index contributed by atoms with van der Waals surface area (Å²) in [5.41, 5.74) is 5.78. The van der Waals surface area contributed by atoms with E-state index in [1.165, 1.54) is 7.11 Å². The summed E-state index contributed by atoms with van der Waals surface area (Å²) in [5.74, 6) is 0.436. The average Bonchev–Trinajstić information content (AvgIpc) is 3.15. The van der Waals surface area contributed by atoms with E-state index in [4.69, 9.17) is 9.72 Å². The SMILES string of the molecule is COc1ccc(-c2cn3cccc(C)c3n2)cc1NS(=O)(=O)c1ccc(C)c(C)c1. The van der Waals surface area contributed by atoms with E-state index >= 15 is 0 Å². The van der Waals surface area contributed by atoms with Crippen LogP contribution in [0.1, 0.15) is 16.7 Å². The van der Waals surface area contributed by atoms with Crippen molar-refractivity contribution in [2.75, 3.05) is 11.8 Å². The summed E-state index contributed by atoms with van der Waals surface area (Å²) in [6, 6.07) is 14.4. The molecule has 0 bridgehead atoms. The maximum absolute atomic E-state index is 13.0. The van der Waals surface area contributed by atoms with Gasteiger partial charge in [0, 0.05) is 18.0 Å². The number of aromatic nitrogens is 2. The third-order valence-corrected chi connectivity index (χ3v) is 6.57. The highest BCUT2D eigenvalue weighted by Gasteiger charge is 2.18. The van der Waals surface area contributed by atoms with Crippen molar-refractivity contribution >= 4 is 21.4 Å². The number of rotatable bonds is 5. The van der Waals surface area contributed by atoms with E-state index in [9.17, 15) is 8.42 Å². The Hall–Kier alpha value is -3.32. The second-order valence-electron chi connectivity index (χ2n) is 7.31. The highest BCUT2D eigenvalue weighted by molar-refractivity contribution is 7.92. The lowest BCUT2D eigenvalue weighted by molar-refractivity contribution is 0.417. The Bertz CT molecular complexity index is 1360. The predicted octanol–water partition coefficient (Wildman–Crippen LogP) is 4.74. The normalized spacial score (nSPS) is 11.6. The molecule has 0 aliphatic heterocycles. The minimum absolute atomic E-state index is 0.210. The van der Waals surface area contributed by atoms with E-state index in [2.05, 4.69) is 4.72 Å². The Balaban J connectivity index is 1.75. The number of hydrogen-bond donors (Lipinski definition) is 1. The number of fused-ring (bicyclic) bond motifs is 1. The van der Waals surface area contributed by atoms with Crippen LogP contribution in [0.25, 0.3) is 16.9 Å². The number of sulfonamides is 1. The Morgan fingerprint density at radius 2 is 1.77 bits per heavy atom. The van der Waals surface area contributed by atoms with Crippen molar-refractivity contribution in [2.45, 2.75) is 25.7 Å². The van der Waals surface area contributed by atoms with Gasteiger partial charge in [-0.1, -0.05) is 12.1 Å². The number of anilines is 1. The molecule has 0 saturated heterocycles. The van der Waals surface area contributed by atoms with Crippen molar-refractivity contribution in [3.05, 3.63) is 77.6 Å². The zero-order chi connectivity index (χ0) is 21.5. The molecule has 0 amide bonds. The molecular formula is C23H23N3O3S. The lowest BCUT2D eigenvalue weighted by atomic mass is 10.1.